The summed E-state index contributed by atoms with van der Waals surface area (Å²) in [7, 11) is 0. The molecule has 0 aliphatic rings. The number of nitrogens with zero attached hydrogens (tertiary/aromatic N) is 2. The molecular weight excluding hydrogens is 338 g/mol. The van der Waals surface area contributed by atoms with E-state index < -0.39 is 0 Å². The molecule has 7 heteroatoms. The topological polar surface area (TPSA) is 46.4 Å². The van der Waals surface area contributed by atoms with Crippen LogP contribution in [0.2, 0.25) is 5.02 Å². The Kier molecular flexibility index (Phi) is 4.71. The number of hydrogen-bond acceptors (Lipinski definition) is 4. The van der Waals surface area contributed by atoms with Crippen molar-refractivity contribution in [3.8, 4) is 0 Å². The Morgan fingerprint density at radius 3 is 2.86 bits per heavy atom. The largest absolute Gasteiger partial charge is 0.350 e. The zero-order valence-electron chi connectivity index (χ0n) is 11.9. The quantitative estimate of drug-likeness (QED) is 0.560. The third kappa shape index (κ3) is 3.63. The molecule has 0 bridgehead atoms. The lowest BCUT2D eigenvalue weighted by Crippen LogP contribution is -2.24. The summed E-state index contributed by atoms with van der Waals surface area (Å²) in [5.74, 6) is 0.763. The highest BCUT2D eigenvalue weighted by molar-refractivity contribution is 7.99. The lowest BCUT2D eigenvalue weighted by atomic mass is 10.4. The Labute approximate surface area is 141 Å². The molecular formula is C15H14ClN3OS2. The van der Waals surface area contributed by atoms with E-state index in [-0.39, 0.29) is 5.91 Å². The van der Waals surface area contributed by atoms with Crippen LogP contribution in [0.15, 0.2) is 41.6 Å². The van der Waals surface area contributed by atoms with E-state index in [4.69, 9.17) is 11.6 Å². The van der Waals surface area contributed by atoms with Gasteiger partial charge in [0.05, 0.1) is 5.69 Å². The average molecular weight is 352 g/mol. The summed E-state index contributed by atoms with van der Waals surface area (Å²) in [5, 5.41) is 3.66. The normalized spacial score (nSPS) is 11.0. The number of thioether (sulfide) groups is 1. The van der Waals surface area contributed by atoms with E-state index in [1.54, 1.807) is 11.8 Å². The van der Waals surface area contributed by atoms with Gasteiger partial charge in [-0.2, -0.15) is 0 Å². The molecule has 2 aromatic heterocycles. The summed E-state index contributed by atoms with van der Waals surface area (Å²) in [4.78, 5) is 19.1. The molecule has 0 fully saturated rings. The molecule has 0 saturated carbocycles. The first-order chi connectivity index (χ1) is 10.6. The molecule has 3 rings (SSSR count). The van der Waals surface area contributed by atoms with E-state index in [9.17, 15) is 4.79 Å². The fraction of sp³-hybridized carbons (Fsp3) is 0.200. The maximum Gasteiger partial charge on any atom is 0.263 e. The zero-order chi connectivity index (χ0) is 15.5. The molecule has 22 heavy (non-hydrogen) atoms. The van der Waals surface area contributed by atoms with Crippen LogP contribution in [-0.2, 0) is 0 Å². The van der Waals surface area contributed by atoms with Crippen LogP contribution in [-0.4, -0.2) is 27.6 Å². The molecule has 4 nitrogen and oxygen atoms in total. The van der Waals surface area contributed by atoms with Crippen molar-refractivity contribution in [2.24, 2.45) is 0 Å². The van der Waals surface area contributed by atoms with Gasteiger partial charge in [-0.15, -0.1) is 11.8 Å². The second kappa shape index (κ2) is 6.73. The molecule has 0 radical (unpaired) electrons. The standard InChI is InChI=1S/C15H14ClN3OS2/c1-10-8-19-9-13(22-15(19)18-10)14(20)17-6-7-21-12-4-2-11(16)3-5-12/h2-5,8-9H,6-7H2,1H3,(H,17,20). The minimum atomic E-state index is -0.0511. The number of carbonyl (C=O) groups is 1. The first kappa shape index (κ1) is 15.4. The Hall–Kier alpha value is -1.50. The molecule has 0 saturated heterocycles. The summed E-state index contributed by atoms with van der Waals surface area (Å²) >= 11 is 8.93. The van der Waals surface area contributed by atoms with Gasteiger partial charge < -0.3 is 5.32 Å². The number of amides is 1. The van der Waals surface area contributed by atoms with Crippen molar-refractivity contribution < 1.29 is 4.79 Å². The fourth-order valence-corrected chi connectivity index (χ4v) is 3.79. The maximum atomic E-state index is 12.1. The SMILES string of the molecule is Cc1cn2cc(C(=O)NCCSc3ccc(Cl)cc3)sc2n1. The first-order valence-electron chi connectivity index (χ1n) is 6.73. The van der Waals surface area contributed by atoms with Crippen molar-refractivity contribution in [1.29, 1.82) is 0 Å². The molecule has 0 atom stereocenters. The van der Waals surface area contributed by atoms with E-state index in [0.29, 0.717) is 11.4 Å². The molecule has 0 aliphatic carbocycles. The number of carbonyl (C=O) groups excluding carboxylic acids is 1. The second-order valence-corrected chi connectivity index (χ2v) is 7.34. The van der Waals surface area contributed by atoms with Crippen LogP contribution in [0.4, 0.5) is 0 Å². The van der Waals surface area contributed by atoms with Crippen molar-refractivity contribution in [3.63, 3.8) is 0 Å². The molecule has 3 aromatic rings. The van der Waals surface area contributed by atoms with Gasteiger partial charge in [-0.25, -0.2) is 4.98 Å². The Morgan fingerprint density at radius 1 is 1.36 bits per heavy atom. The number of fused-ring (bicyclic) bond motifs is 1. The highest BCUT2D eigenvalue weighted by Crippen LogP contribution is 2.20. The second-order valence-electron chi connectivity index (χ2n) is 4.73. The number of hydrogen-bond donors (Lipinski definition) is 1. The van der Waals surface area contributed by atoms with E-state index >= 15 is 0 Å². The molecule has 114 valence electrons. The molecule has 0 spiro atoms. The predicted molar refractivity (Wildman–Crippen MR) is 92.3 cm³/mol. The summed E-state index contributed by atoms with van der Waals surface area (Å²) in [6, 6.07) is 7.69. The fourth-order valence-electron chi connectivity index (χ4n) is 1.97. The number of rotatable bonds is 5. The molecule has 2 heterocycles. The van der Waals surface area contributed by atoms with Crippen molar-refractivity contribution in [1.82, 2.24) is 14.7 Å². The molecule has 1 N–H and O–H groups in total. The van der Waals surface area contributed by atoms with Crippen LogP contribution >= 0.6 is 34.7 Å². The van der Waals surface area contributed by atoms with Crippen molar-refractivity contribution in [2.75, 3.05) is 12.3 Å². The zero-order valence-corrected chi connectivity index (χ0v) is 14.3. The lowest BCUT2D eigenvalue weighted by Gasteiger charge is -2.03. The number of imidazole rings is 1. The smallest absolute Gasteiger partial charge is 0.263 e. The van der Waals surface area contributed by atoms with Crippen LogP contribution in [0.1, 0.15) is 15.4 Å². The van der Waals surface area contributed by atoms with Crippen LogP contribution < -0.4 is 5.32 Å². The van der Waals surface area contributed by atoms with Crippen LogP contribution in [0.25, 0.3) is 4.96 Å². The minimum Gasteiger partial charge on any atom is -0.350 e. The number of aromatic nitrogens is 2. The highest BCUT2D eigenvalue weighted by atomic mass is 35.5. The lowest BCUT2D eigenvalue weighted by molar-refractivity contribution is 0.0960. The van der Waals surface area contributed by atoms with E-state index in [1.165, 1.54) is 11.3 Å². The van der Waals surface area contributed by atoms with Crippen molar-refractivity contribution >= 4 is 45.6 Å². The third-order valence-corrected chi connectivity index (χ3v) is 5.23. The summed E-state index contributed by atoms with van der Waals surface area (Å²) in [5.41, 5.74) is 0.956. The van der Waals surface area contributed by atoms with E-state index in [1.807, 2.05) is 48.0 Å². The number of thiazole rings is 1. The van der Waals surface area contributed by atoms with Crippen LogP contribution in [0.3, 0.4) is 0 Å². The van der Waals surface area contributed by atoms with Gasteiger partial charge >= 0.3 is 0 Å². The molecule has 0 unspecified atom stereocenters. The highest BCUT2D eigenvalue weighted by Gasteiger charge is 2.11. The van der Waals surface area contributed by atoms with Gasteiger partial charge in [0.1, 0.15) is 4.88 Å². The number of nitrogens with one attached hydrogen (secondary N) is 1. The Morgan fingerprint density at radius 2 is 2.14 bits per heavy atom. The number of benzene rings is 1. The Bertz CT molecular complexity index is 763. The predicted octanol–water partition coefficient (Wildman–Crippen LogP) is 3.88. The van der Waals surface area contributed by atoms with Crippen molar-refractivity contribution in [3.05, 3.63) is 52.3 Å². The molecule has 1 aromatic carbocycles. The summed E-state index contributed by atoms with van der Waals surface area (Å²) in [6.07, 6.45) is 3.74. The van der Waals surface area contributed by atoms with Gasteiger partial charge in [0.2, 0.25) is 0 Å². The van der Waals surface area contributed by atoms with Gasteiger partial charge in [0, 0.05) is 34.6 Å². The van der Waals surface area contributed by atoms with E-state index in [0.717, 1.165) is 26.3 Å². The maximum absolute atomic E-state index is 12.1. The van der Waals surface area contributed by atoms with Crippen molar-refractivity contribution in [2.45, 2.75) is 11.8 Å². The molecule has 0 aliphatic heterocycles. The first-order valence-corrected chi connectivity index (χ1v) is 8.91. The minimum absolute atomic E-state index is 0.0511. The number of aryl methyl sites for hydroxylation is 1. The Balaban J connectivity index is 1.49. The van der Waals surface area contributed by atoms with Gasteiger partial charge in [0.25, 0.3) is 5.91 Å². The van der Waals surface area contributed by atoms with Gasteiger partial charge in [-0.1, -0.05) is 22.9 Å². The van der Waals surface area contributed by atoms with Gasteiger partial charge in [-0.3, -0.25) is 9.20 Å². The third-order valence-electron chi connectivity index (χ3n) is 2.97. The van der Waals surface area contributed by atoms with E-state index in [2.05, 4.69) is 10.3 Å². The molecule has 1 amide bonds. The summed E-state index contributed by atoms with van der Waals surface area (Å²) in [6.45, 7) is 2.55. The van der Waals surface area contributed by atoms with Crippen LogP contribution in [0, 0.1) is 6.92 Å². The van der Waals surface area contributed by atoms with Crippen LogP contribution in [0.5, 0.6) is 0 Å². The summed E-state index contributed by atoms with van der Waals surface area (Å²) < 4.78 is 1.89. The van der Waals surface area contributed by atoms with Gasteiger partial charge in [-0.05, 0) is 31.2 Å². The average Bonchev–Trinajstić information content (AvgIpc) is 3.02. The van der Waals surface area contributed by atoms with Gasteiger partial charge in [0.15, 0.2) is 4.96 Å². The monoisotopic (exact) mass is 351 g/mol. The number of halogens is 1.